The lowest BCUT2D eigenvalue weighted by Gasteiger charge is -2.48. The summed E-state index contributed by atoms with van der Waals surface area (Å²) < 4.78 is 1.80. The average molecular weight is 447 g/mol. The van der Waals surface area contributed by atoms with Crippen molar-refractivity contribution < 1.29 is 19.5 Å². The molecule has 2 heterocycles. The summed E-state index contributed by atoms with van der Waals surface area (Å²) in [7, 11) is 1.83. The Labute approximate surface area is 191 Å². The van der Waals surface area contributed by atoms with Gasteiger partial charge in [-0.3, -0.25) is 9.59 Å². The third-order valence-electron chi connectivity index (χ3n) is 7.39. The molecule has 8 heteroatoms. The van der Waals surface area contributed by atoms with Gasteiger partial charge in [-0.05, 0) is 42.5 Å². The number of para-hydroxylation sites is 3. The average Bonchev–Trinajstić information content (AvgIpc) is 3.41. The Morgan fingerprint density at radius 1 is 1.18 bits per heavy atom. The number of hydrogen-bond acceptors (Lipinski definition) is 5. The van der Waals surface area contributed by atoms with E-state index in [1.165, 1.54) is 0 Å². The van der Waals surface area contributed by atoms with Gasteiger partial charge < -0.3 is 25.1 Å². The third-order valence-corrected chi connectivity index (χ3v) is 7.39. The molecule has 8 nitrogen and oxygen atoms in total. The van der Waals surface area contributed by atoms with Gasteiger partial charge in [0.25, 0.3) is 5.91 Å². The Bertz CT molecular complexity index is 1270. The Morgan fingerprint density at radius 3 is 2.64 bits per heavy atom. The molecule has 1 saturated carbocycles. The second-order valence-electron chi connectivity index (χ2n) is 9.07. The molecule has 2 aliphatic rings. The highest BCUT2D eigenvalue weighted by Gasteiger charge is 2.55. The fourth-order valence-corrected chi connectivity index (χ4v) is 5.91. The van der Waals surface area contributed by atoms with Crippen molar-refractivity contribution in [2.45, 2.75) is 43.2 Å². The predicted molar refractivity (Wildman–Crippen MR) is 123 cm³/mol. The minimum Gasteiger partial charge on any atom is -0.480 e. The predicted octanol–water partition coefficient (Wildman–Crippen LogP) is 2.86. The van der Waals surface area contributed by atoms with E-state index in [1.54, 1.807) is 9.47 Å². The van der Waals surface area contributed by atoms with Crippen LogP contribution in [0.4, 0.5) is 5.69 Å². The molecule has 1 aromatic heterocycles. The summed E-state index contributed by atoms with van der Waals surface area (Å²) in [5.74, 6) is -1.83. The molecule has 1 aliphatic heterocycles. The van der Waals surface area contributed by atoms with Crippen molar-refractivity contribution in [2.24, 2.45) is 18.7 Å². The number of carboxylic acid groups (broad SMARTS) is 1. The number of carboxylic acids is 1. The van der Waals surface area contributed by atoms with E-state index < -0.39 is 17.4 Å². The highest BCUT2D eigenvalue weighted by atomic mass is 16.4. The second-order valence-corrected chi connectivity index (χ2v) is 9.07. The number of carbonyl (C=O) groups is 3. The summed E-state index contributed by atoms with van der Waals surface area (Å²) in [6.07, 6.45) is 2.62. The van der Waals surface area contributed by atoms with E-state index in [-0.39, 0.29) is 24.3 Å². The number of aldehydes is 1. The number of carbonyl (C=O) groups excluding carboxylic acids is 2. The van der Waals surface area contributed by atoms with Crippen LogP contribution in [0.25, 0.3) is 11.0 Å². The second kappa shape index (κ2) is 7.81. The standard InChI is InChI=1S/C25H26N4O4/c1-28-20-11-5-3-9-17(20)27-22(28)23(31)29-18-10-4-2-7-15(18)21(16-8-6-12-19(16)29)25(26,13-14-30)24(32)33/h2-5,7,9-11,14,16,19,21H,6,8,12-13,26H2,1H3,(H,32,33). The molecule has 4 unspecified atom stereocenters. The van der Waals surface area contributed by atoms with Crippen LogP contribution < -0.4 is 10.6 Å². The molecule has 3 aromatic rings. The summed E-state index contributed by atoms with van der Waals surface area (Å²) in [6, 6.07) is 14.7. The lowest BCUT2D eigenvalue weighted by atomic mass is 9.66. The first-order valence-corrected chi connectivity index (χ1v) is 11.2. The highest BCUT2D eigenvalue weighted by Crippen LogP contribution is 2.53. The van der Waals surface area contributed by atoms with Gasteiger partial charge in [-0.25, -0.2) is 4.98 Å². The van der Waals surface area contributed by atoms with Crippen molar-refractivity contribution in [1.29, 1.82) is 0 Å². The first kappa shape index (κ1) is 21.3. The van der Waals surface area contributed by atoms with Gasteiger partial charge in [-0.15, -0.1) is 0 Å². The molecule has 2 aromatic carbocycles. The van der Waals surface area contributed by atoms with Gasteiger partial charge in [-0.1, -0.05) is 36.8 Å². The highest BCUT2D eigenvalue weighted by molar-refractivity contribution is 6.07. The largest absolute Gasteiger partial charge is 0.480 e. The summed E-state index contributed by atoms with van der Waals surface area (Å²) in [5.41, 5.74) is 7.66. The Kier molecular flexibility index (Phi) is 5.05. The molecule has 0 spiro atoms. The number of nitrogens with two attached hydrogens (primary N) is 1. The van der Waals surface area contributed by atoms with E-state index in [0.29, 0.717) is 23.4 Å². The van der Waals surface area contributed by atoms with Crippen LogP contribution in [0, 0.1) is 5.92 Å². The molecule has 0 bridgehead atoms. The van der Waals surface area contributed by atoms with Crippen molar-refractivity contribution in [1.82, 2.24) is 9.55 Å². The van der Waals surface area contributed by atoms with E-state index in [0.717, 1.165) is 30.3 Å². The molecule has 3 N–H and O–H groups in total. The van der Waals surface area contributed by atoms with Gasteiger partial charge in [-0.2, -0.15) is 0 Å². The summed E-state index contributed by atoms with van der Waals surface area (Å²) in [6.45, 7) is 0. The van der Waals surface area contributed by atoms with E-state index >= 15 is 0 Å². The van der Waals surface area contributed by atoms with Gasteiger partial charge in [0.2, 0.25) is 0 Å². The maximum atomic E-state index is 14.0. The van der Waals surface area contributed by atoms with Crippen molar-refractivity contribution in [3.63, 3.8) is 0 Å². The van der Waals surface area contributed by atoms with E-state index in [9.17, 15) is 19.5 Å². The number of nitrogens with zero attached hydrogens (tertiary/aromatic N) is 3. The molecule has 170 valence electrons. The van der Waals surface area contributed by atoms with Crippen LogP contribution in [0.15, 0.2) is 48.5 Å². The van der Waals surface area contributed by atoms with Crippen LogP contribution in [-0.4, -0.2) is 44.4 Å². The van der Waals surface area contributed by atoms with E-state index in [1.807, 2.05) is 55.6 Å². The lowest BCUT2D eigenvalue weighted by molar-refractivity contribution is -0.146. The van der Waals surface area contributed by atoms with E-state index in [2.05, 4.69) is 4.98 Å². The first-order chi connectivity index (χ1) is 15.9. The Hall–Kier alpha value is -3.52. The van der Waals surface area contributed by atoms with Gasteiger partial charge in [0.15, 0.2) is 5.82 Å². The van der Waals surface area contributed by atoms with Crippen LogP contribution in [-0.2, 0) is 16.6 Å². The third kappa shape index (κ3) is 3.08. The smallest absolute Gasteiger partial charge is 0.324 e. The van der Waals surface area contributed by atoms with Crippen LogP contribution in [0.1, 0.15) is 47.8 Å². The molecule has 1 aliphatic carbocycles. The number of anilines is 1. The number of fused-ring (bicyclic) bond motifs is 3. The molecule has 5 rings (SSSR count). The molecular formula is C25H26N4O4. The number of rotatable bonds is 5. The zero-order chi connectivity index (χ0) is 23.3. The summed E-state index contributed by atoms with van der Waals surface area (Å²) >= 11 is 0. The topological polar surface area (TPSA) is 119 Å². The van der Waals surface area contributed by atoms with E-state index in [4.69, 9.17) is 5.73 Å². The SMILES string of the molecule is Cn1c(C(=O)N2c3ccccc3C(C(N)(CC=O)C(=O)O)C3CCCC32)nc2ccccc21. The first-order valence-electron chi connectivity index (χ1n) is 11.2. The minimum atomic E-state index is -1.74. The zero-order valence-electron chi connectivity index (χ0n) is 18.3. The summed E-state index contributed by atoms with van der Waals surface area (Å²) in [4.78, 5) is 44.1. The Balaban J connectivity index is 1.67. The Morgan fingerprint density at radius 2 is 1.91 bits per heavy atom. The number of imidazole rings is 1. The number of hydrogen-bond donors (Lipinski definition) is 2. The lowest BCUT2D eigenvalue weighted by Crippen LogP contribution is -2.60. The van der Waals surface area contributed by atoms with Crippen molar-refractivity contribution in [3.8, 4) is 0 Å². The molecule has 33 heavy (non-hydrogen) atoms. The molecule has 0 saturated heterocycles. The molecule has 1 fully saturated rings. The zero-order valence-corrected chi connectivity index (χ0v) is 18.3. The number of amides is 1. The molecule has 0 radical (unpaired) electrons. The fourth-order valence-electron chi connectivity index (χ4n) is 5.91. The number of aryl methyl sites for hydroxylation is 1. The molecular weight excluding hydrogens is 420 g/mol. The minimum absolute atomic E-state index is 0.167. The van der Waals surface area contributed by atoms with Gasteiger partial charge in [0, 0.05) is 31.1 Å². The monoisotopic (exact) mass is 446 g/mol. The van der Waals surface area contributed by atoms with Crippen LogP contribution in [0.5, 0.6) is 0 Å². The number of aliphatic carboxylic acids is 1. The quantitative estimate of drug-likeness (QED) is 0.582. The van der Waals surface area contributed by atoms with Crippen LogP contribution in [0.3, 0.4) is 0 Å². The normalized spacial score (nSPS) is 23.6. The number of aromatic nitrogens is 2. The summed E-state index contributed by atoms with van der Waals surface area (Å²) in [5, 5.41) is 10.1. The molecule has 4 atom stereocenters. The molecule has 1 amide bonds. The maximum absolute atomic E-state index is 14.0. The van der Waals surface area contributed by atoms with Crippen molar-refractivity contribution in [2.75, 3.05) is 4.90 Å². The van der Waals surface area contributed by atoms with Gasteiger partial charge in [0.05, 0.1) is 11.0 Å². The van der Waals surface area contributed by atoms with Crippen molar-refractivity contribution >= 4 is 34.9 Å². The van der Waals surface area contributed by atoms with Crippen molar-refractivity contribution in [3.05, 3.63) is 59.9 Å². The number of benzene rings is 2. The maximum Gasteiger partial charge on any atom is 0.324 e. The van der Waals surface area contributed by atoms with Gasteiger partial charge in [0.1, 0.15) is 11.8 Å². The van der Waals surface area contributed by atoms with Crippen LogP contribution >= 0.6 is 0 Å². The van der Waals surface area contributed by atoms with Crippen LogP contribution in [0.2, 0.25) is 0 Å². The fraction of sp³-hybridized carbons (Fsp3) is 0.360. The van der Waals surface area contributed by atoms with Gasteiger partial charge >= 0.3 is 5.97 Å².